The van der Waals surface area contributed by atoms with E-state index in [0.29, 0.717) is 12.0 Å². The number of carbonyl (C=O) groups excluding carboxylic acids is 2. The molecule has 2 amide bonds. The summed E-state index contributed by atoms with van der Waals surface area (Å²) in [5, 5.41) is 3.26. The van der Waals surface area contributed by atoms with E-state index in [1.165, 1.54) is 29.2 Å². The molecule has 7 nitrogen and oxygen atoms in total. The predicted octanol–water partition coefficient (Wildman–Crippen LogP) is 6.85. The molecule has 0 saturated carbocycles. The van der Waals surface area contributed by atoms with Crippen LogP contribution in [0.4, 0.5) is 10.1 Å². The molecule has 0 aliphatic rings. The van der Waals surface area contributed by atoms with Crippen molar-refractivity contribution >= 4 is 39.1 Å². The predicted molar refractivity (Wildman–Crippen MR) is 181 cm³/mol. The third kappa shape index (κ3) is 8.53. The molecule has 10 heteroatoms. The van der Waals surface area contributed by atoms with Gasteiger partial charge in [0.05, 0.1) is 10.6 Å². The second kappa shape index (κ2) is 15.4. The Morgan fingerprint density at radius 1 is 0.913 bits per heavy atom. The number of nitrogens with zero attached hydrogens (tertiary/aromatic N) is 2. The number of halogens is 2. The molecule has 46 heavy (non-hydrogen) atoms. The molecule has 4 aromatic carbocycles. The van der Waals surface area contributed by atoms with Gasteiger partial charge < -0.3 is 10.2 Å². The van der Waals surface area contributed by atoms with E-state index in [1.807, 2.05) is 51.1 Å². The highest BCUT2D eigenvalue weighted by Crippen LogP contribution is 2.30. The minimum Gasteiger partial charge on any atom is -0.352 e. The summed E-state index contributed by atoms with van der Waals surface area (Å²) < 4.78 is 44.6. The fraction of sp³-hybridized carbons (Fsp3) is 0.278. The average Bonchev–Trinajstić information content (AvgIpc) is 3.04. The lowest BCUT2D eigenvalue weighted by Crippen LogP contribution is -2.54. The minimum absolute atomic E-state index is 0.0127. The standard InChI is InChI=1S/C36H39ClFN3O4S/c1-5-27(4)39-36(43)34(21-28-11-7-6-8-12-28)40(23-29-13-9-10-14-32(29)38)35(42)24-41(33-22-30(37)18-17-26(33)3)46(44,45)31-19-15-25(2)16-20-31/h6-20,22,27,34H,5,21,23-24H2,1-4H3,(H,39,43)/t27-,34-/m0/s1. The lowest BCUT2D eigenvalue weighted by atomic mass is 10.0. The Hall–Kier alpha value is -4.21. The second-order valence-electron chi connectivity index (χ2n) is 11.4. The van der Waals surface area contributed by atoms with Gasteiger partial charge in [0.2, 0.25) is 11.8 Å². The van der Waals surface area contributed by atoms with Crippen molar-refractivity contribution in [2.45, 2.75) is 64.1 Å². The SMILES string of the molecule is CC[C@H](C)NC(=O)[C@H](Cc1ccccc1)N(Cc1ccccc1F)C(=O)CN(c1cc(Cl)ccc1C)S(=O)(=O)c1ccc(C)cc1. The highest BCUT2D eigenvalue weighted by molar-refractivity contribution is 7.92. The van der Waals surface area contributed by atoms with E-state index < -0.39 is 40.2 Å². The van der Waals surface area contributed by atoms with Crippen LogP contribution in [0.5, 0.6) is 0 Å². The summed E-state index contributed by atoms with van der Waals surface area (Å²) in [5.74, 6) is -1.65. The van der Waals surface area contributed by atoms with Crippen molar-refractivity contribution in [1.29, 1.82) is 0 Å². The van der Waals surface area contributed by atoms with Gasteiger partial charge in [-0.2, -0.15) is 0 Å². The molecule has 0 aliphatic heterocycles. The zero-order valence-corrected chi connectivity index (χ0v) is 28.0. The topological polar surface area (TPSA) is 86.8 Å². The molecule has 0 bridgehead atoms. The van der Waals surface area contributed by atoms with E-state index in [-0.39, 0.29) is 40.2 Å². The number of benzene rings is 4. The smallest absolute Gasteiger partial charge is 0.264 e. The van der Waals surface area contributed by atoms with Gasteiger partial charge in [-0.05, 0) is 68.7 Å². The molecule has 0 spiro atoms. The minimum atomic E-state index is -4.29. The van der Waals surface area contributed by atoms with E-state index in [4.69, 9.17) is 11.6 Å². The van der Waals surface area contributed by atoms with Crippen LogP contribution >= 0.6 is 11.6 Å². The largest absolute Gasteiger partial charge is 0.352 e. The molecule has 0 radical (unpaired) electrons. The number of nitrogens with one attached hydrogen (secondary N) is 1. The highest BCUT2D eigenvalue weighted by Gasteiger charge is 2.35. The van der Waals surface area contributed by atoms with Gasteiger partial charge >= 0.3 is 0 Å². The van der Waals surface area contributed by atoms with E-state index >= 15 is 4.39 Å². The van der Waals surface area contributed by atoms with E-state index in [2.05, 4.69) is 5.32 Å². The first-order valence-corrected chi connectivity index (χ1v) is 16.9. The Bertz CT molecular complexity index is 1770. The van der Waals surface area contributed by atoms with Gasteiger partial charge in [-0.25, -0.2) is 12.8 Å². The lowest BCUT2D eigenvalue weighted by molar-refractivity contribution is -0.140. The summed E-state index contributed by atoms with van der Waals surface area (Å²) in [4.78, 5) is 29.7. The first kappa shape index (κ1) is 34.7. The molecule has 0 saturated heterocycles. The Morgan fingerprint density at radius 3 is 2.22 bits per heavy atom. The molecule has 1 N–H and O–H groups in total. The number of hydrogen-bond acceptors (Lipinski definition) is 4. The molecule has 0 aromatic heterocycles. The van der Waals surface area contributed by atoms with Gasteiger partial charge in [0.15, 0.2) is 0 Å². The molecule has 242 valence electrons. The van der Waals surface area contributed by atoms with Crippen LogP contribution in [-0.2, 0) is 32.6 Å². The second-order valence-corrected chi connectivity index (χ2v) is 13.7. The highest BCUT2D eigenvalue weighted by atomic mass is 35.5. The van der Waals surface area contributed by atoms with Crippen molar-refractivity contribution in [1.82, 2.24) is 10.2 Å². The zero-order valence-electron chi connectivity index (χ0n) is 26.4. The quantitative estimate of drug-likeness (QED) is 0.170. The van der Waals surface area contributed by atoms with Crippen molar-refractivity contribution in [2.24, 2.45) is 0 Å². The first-order valence-electron chi connectivity index (χ1n) is 15.1. The van der Waals surface area contributed by atoms with Gasteiger partial charge in [0.1, 0.15) is 18.4 Å². The fourth-order valence-electron chi connectivity index (χ4n) is 5.01. The third-order valence-electron chi connectivity index (χ3n) is 7.90. The summed E-state index contributed by atoms with van der Waals surface area (Å²) in [6.45, 7) is 6.44. The lowest BCUT2D eigenvalue weighted by Gasteiger charge is -2.34. The number of aryl methyl sites for hydroxylation is 2. The first-order chi connectivity index (χ1) is 21.9. The number of anilines is 1. The van der Waals surface area contributed by atoms with E-state index in [0.717, 1.165) is 15.4 Å². The van der Waals surface area contributed by atoms with Crippen molar-refractivity contribution < 1.29 is 22.4 Å². The zero-order chi connectivity index (χ0) is 33.4. The van der Waals surface area contributed by atoms with Crippen molar-refractivity contribution in [3.05, 3.63) is 130 Å². The summed E-state index contributed by atoms with van der Waals surface area (Å²) >= 11 is 6.33. The van der Waals surface area contributed by atoms with E-state index in [9.17, 15) is 18.0 Å². The van der Waals surface area contributed by atoms with Crippen LogP contribution < -0.4 is 9.62 Å². The maximum atomic E-state index is 15.1. The Labute approximate surface area is 276 Å². The van der Waals surface area contributed by atoms with Crippen LogP contribution in [0.2, 0.25) is 5.02 Å². The summed E-state index contributed by atoms with van der Waals surface area (Å²) in [6.07, 6.45) is 0.784. The molecule has 4 rings (SSSR count). The van der Waals surface area contributed by atoms with Gasteiger partial charge in [0, 0.05) is 29.6 Å². The molecule has 4 aromatic rings. The summed E-state index contributed by atoms with van der Waals surface area (Å²) in [6, 6.07) is 25.1. The molecule has 2 atom stereocenters. The molecule has 0 aliphatic carbocycles. The summed E-state index contributed by atoms with van der Waals surface area (Å²) in [7, 11) is -4.29. The van der Waals surface area contributed by atoms with Gasteiger partial charge in [-0.15, -0.1) is 0 Å². The van der Waals surface area contributed by atoms with Gasteiger partial charge in [-0.3, -0.25) is 13.9 Å². The average molecular weight is 664 g/mol. The van der Waals surface area contributed by atoms with E-state index in [1.54, 1.807) is 49.4 Å². The Morgan fingerprint density at radius 2 is 1.57 bits per heavy atom. The molecular formula is C36H39ClFN3O4S. The summed E-state index contributed by atoms with van der Waals surface area (Å²) in [5.41, 5.74) is 2.64. The van der Waals surface area contributed by atoms with Crippen molar-refractivity contribution in [3.8, 4) is 0 Å². The Balaban J connectivity index is 1.85. The maximum absolute atomic E-state index is 15.1. The van der Waals surface area contributed by atoms with Gasteiger partial charge in [-0.1, -0.05) is 90.8 Å². The number of sulfonamides is 1. The number of hydrogen-bond donors (Lipinski definition) is 1. The van der Waals surface area contributed by atoms with Gasteiger partial charge in [0.25, 0.3) is 10.0 Å². The molecule has 0 heterocycles. The maximum Gasteiger partial charge on any atom is 0.264 e. The monoisotopic (exact) mass is 663 g/mol. The molecule has 0 fully saturated rings. The Kier molecular flexibility index (Phi) is 11.6. The number of rotatable bonds is 13. The fourth-order valence-corrected chi connectivity index (χ4v) is 6.64. The third-order valence-corrected chi connectivity index (χ3v) is 9.91. The van der Waals surface area contributed by atoms with Crippen LogP contribution in [0.1, 0.15) is 42.5 Å². The number of amides is 2. The number of carbonyl (C=O) groups is 2. The molecule has 0 unspecified atom stereocenters. The van der Waals surface area contributed by atoms with Crippen LogP contribution in [0.25, 0.3) is 0 Å². The molecular weight excluding hydrogens is 625 g/mol. The van der Waals surface area contributed by atoms with Crippen molar-refractivity contribution in [2.75, 3.05) is 10.8 Å². The van der Waals surface area contributed by atoms with Crippen LogP contribution in [0, 0.1) is 19.7 Å². The van der Waals surface area contributed by atoms with Crippen LogP contribution in [0.3, 0.4) is 0 Å². The van der Waals surface area contributed by atoms with Crippen molar-refractivity contribution in [3.63, 3.8) is 0 Å². The normalized spacial score (nSPS) is 12.7. The van der Waals surface area contributed by atoms with Crippen LogP contribution in [-0.4, -0.2) is 43.8 Å². The van der Waals surface area contributed by atoms with Crippen LogP contribution in [0.15, 0.2) is 102 Å².